The van der Waals surface area contributed by atoms with Gasteiger partial charge in [-0.15, -0.1) is 5.10 Å². The molecule has 0 N–H and O–H groups in total. The van der Waals surface area contributed by atoms with Crippen molar-refractivity contribution in [2.24, 2.45) is 5.92 Å². The number of amides is 1. The van der Waals surface area contributed by atoms with E-state index in [1.165, 1.54) is 43.6 Å². The molecule has 1 saturated heterocycles. The van der Waals surface area contributed by atoms with Gasteiger partial charge in [-0.3, -0.25) is 4.79 Å². The third-order valence-corrected chi connectivity index (χ3v) is 4.83. The predicted octanol–water partition coefficient (Wildman–Crippen LogP) is 2.35. The van der Waals surface area contributed by atoms with Gasteiger partial charge in [0.1, 0.15) is 0 Å². The first-order valence-electron chi connectivity index (χ1n) is 7.51. The lowest BCUT2D eigenvalue weighted by molar-refractivity contribution is -0.0338. The zero-order valence-electron chi connectivity index (χ0n) is 11.7. The smallest absolute Gasteiger partial charge is 0.275 e. The average Bonchev–Trinajstić information content (AvgIpc) is 3.02. The van der Waals surface area contributed by atoms with E-state index in [0.717, 1.165) is 12.3 Å². The molecule has 3 rings (SSSR count). The Morgan fingerprint density at radius 3 is 3.00 bits per heavy atom. The highest BCUT2D eigenvalue weighted by Gasteiger charge is 2.28. The van der Waals surface area contributed by atoms with Crippen molar-refractivity contribution >= 4 is 17.4 Å². The number of rotatable bonds is 3. The average molecular weight is 295 g/mol. The van der Waals surface area contributed by atoms with E-state index in [-0.39, 0.29) is 12.0 Å². The van der Waals surface area contributed by atoms with Crippen LogP contribution in [-0.2, 0) is 4.74 Å². The van der Waals surface area contributed by atoms with Crippen LogP contribution in [-0.4, -0.2) is 46.2 Å². The molecule has 1 aromatic heterocycles. The van der Waals surface area contributed by atoms with E-state index >= 15 is 0 Å². The fourth-order valence-electron chi connectivity index (χ4n) is 3.26. The van der Waals surface area contributed by atoms with E-state index < -0.39 is 0 Å². The number of aromatic nitrogens is 2. The lowest BCUT2D eigenvalue weighted by atomic mass is 9.85. The third kappa shape index (κ3) is 3.35. The predicted molar refractivity (Wildman–Crippen MR) is 76.7 cm³/mol. The minimum absolute atomic E-state index is 0.00399. The fraction of sp³-hybridized carbons (Fsp3) is 0.786. The summed E-state index contributed by atoms with van der Waals surface area (Å²) in [6.45, 7) is 2.01. The lowest BCUT2D eigenvalue weighted by Crippen LogP contribution is -2.46. The lowest BCUT2D eigenvalue weighted by Gasteiger charge is -2.35. The molecule has 1 atom stereocenters. The van der Waals surface area contributed by atoms with Gasteiger partial charge in [0.15, 0.2) is 5.69 Å². The number of carbonyl (C=O) groups is 1. The van der Waals surface area contributed by atoms with Crippen molar-refractivity contribution in [2.45, 2.75) is 44.6 Å². The molecule has 0 bridgehead atoms. The van der Waals surface area contributed by atoms with Crippen LogP contribution in [0.3, 0.4) is 0 Å². The van der Waals surface area contributed by atoms with E-state index in [0.29, 0.717) is 25.4 Å². The standard InChI is InChI=1S/C14H21N3O2S/c18-14(13-10-20-16-15-13)17-6-7-19-12(9-17)8-11-4-2-1-3-5-11/h10-12H,1-9H2/t12-/m0/s1. The largest absolute Gasteiger partial charge is 0.375 e. The summed E-state index contributed by atoms with van der Waals surface area (Å²) in [4.78, 5) is 14.1. The van der Waals surface area contributed by atoms with Crippen LogP contribution in [0.5, 0.6) is 0 Å². The Hall–Kier alpha value is -1.01. The summed E-state index contributed by atoms with van der Waals surface area (Å²) < 4.78 is 9.61. The van der Waals surface area contributed by atoms with Gasteiger partial charge < -0.3 is 9.64 Å². The first kappa shape index (κ1) is 13.9. The Morgan fingerprint density at radius 1 is 1.40 bits per heavy atom. The van der Waals surface area contributed by atoms with Crippen molar-refractivity contribution in [3.63, 3.8) is 0 Å². The van der Waals surface area contributed by atoms with E-state index in [2.05, 4.69) is 9.59 Å². The second-order valence-corrected chi connectivity index (χ2v) is 6.38. The van der Waals surface area contributed by atoms with Crippen LogP contribution >= 0.6 is 11.5 Å². The number of hydrogen-bond acceptors (Lipinski definition) is 5. The number of carbonyl (C=O) groups excluding carboxylic acids is 1. The van der Waals surface area contributed by atoms with Crippen molar-refractivity contribution in [1.82, 2.24) is 14.5 Å². The van der Waals surface area contributed by atoms with Gasteiger partial charge in [-0.2, -0.15) is 0 Å². The Kier molecular flexibility index (Phi) is 4.62. The summed E-state index contributed by atoms with van der Waals surface area (Å²) in [6.07, 6.45) is 8.02. The molecule has 110 valence electrons. The maximum absolute atomic E-state index is 12.3. The van der Waals surface area contributed by atoms with Gasteiger partial charge in [0.25, 0.3) is 5.91 Å². The van der Waals surface area contributed by atoms with Gasteiger partial charge in [-0.25, -0.2) is 0 Å². The fourth-order valence-corrected chi connectivity index (χ4v) is 3.69. The second kappa shape index (κ2) is 6.63. The highest BCUT2D eigenvalue weighted by atomic mass is 32.1. The van der Waals surface area contributed by atoms with Gasteiger partial charge in [0.05, 0.1) is 12.7 Å². The molecule has 0 aromatic carbocycles. The van der Waals surface area contributed by atoms with Crippen LogP contribution in [0, 0.1) is 5.92 Å². The van der Waals surface area contributed by atoms with E-state index in [1.807, 2.05) is 4.90 Å². The quantitative estimate of drug-likeness (QED) is 0.859. The van der Waals surface area contributed by atoms with Crippen LogP contribution in [0.2, 0.25) is 0 Å². The molecule has 1 aliphatic carbocycles. The molecule has 1 aliphatic heterocycles. The highest BCUT2D eigenvalue weighted by Crippen LogP contribution is 2.29. The molecule has 6 heteroatoms. The molecule has 1 amide bonds. The SMILES string of the molecule is O=C(c1csnn1)N1CCO[C@@H](CC2CCCCC2)C1. The van der Waals surface area contributed by atoms with E-state index in [1.54, 1.807) is 5.38 Å². The molecule has 2 heterocycles. The molecule has 0 unspecified atom stereocenters. The maximum Gasteiger partial charge on any atom is 0.275 e. The van der Waals surface area contributed by atoms with Crippen molar-refractivity contribution in [3.05, 3.63) is 11.1 Å². The maximum atomic E-state index is 12.3. The molecular weight excluding hydrogens is 274 g/mol. The van der Waals surface area contributed by atoms with Crippen LogP contribution in [0.15, 0.2) is 5.38 Å². The minimum atomic E-state index is -0.00399. The number of nitrogens with zero attached hydrogens (tertiary/aromatic N) is 3. The van der Waals surface area contributed by atoms with Crippen molar-refractivity contribution in [1.29, 1.82) is 0 Å². The second-order valence-electron chi connectivity index (χ2n) is 5.77. The van der Waals surface area contributed by atoms with Gasteiger partial charge in [0, 0.05) is 18.5 Å². The Bertz CT molecular complexity index is 432. The monoisotopic (exact) mass is 295 g/mol. The van der Waals surface area contributed by atoms with Crippen LogP contribution < -0.4 is 0 Å². The van der Waals surface area contributed by atoms with E-state index in [9.17, 15) is 4.79 Å². The van der Waals surface area contributed by atoms with Crippen molar-refractivity contribution in [2.75, 3.05) is 19.7 Å². The number of hydrogen-bond donors (Lipinski definition) is 0. The summed E-state index contributed by atoms with van der Waals surface area (Å²) in [5.74, 6) is 0.778. The van der Waals surface area contributed by atoms with Gasteiger partial charge >= 0.3 is 0 Å². The van der Waals surface area contributed by atoms with Crippen LogP contribution in [0.4, 0.5) is 0 Å². The van der Waals surface area contributed by atoms with Crippen LogP contribution in [0.25, 0.3) is 0 Å². The Labute approximate surface area is 123 Å². The zero-order valence-corrected chi connectivity index (χ0v) is 12.5. The summed E-state index contributed by atoms with van der Waals surface area (Å²) >= 11 is 1.22. The molecule has 5 nitrogen and oxygen atoms in total. The molecule has 0 radical (unpaired) electrons. The molecule has 0 spiro atoms. The molecule has 2 aliphatic rings. The molecule has 1 aromatic rings. The highest BCUT2D eigenvalue weighted by molar-refractivity contribution is 7.03. The molecule has 20 heavy (non-hydrogen) atoms. The topological polar surface area (TPSA) is 55.3 Å². The summed E-state index contributed by atoms with van der Waals surface area (Å²) in [5, 5.41) is 5.58. The molecule has 1 saturated carbocycles. The first-order chi connectivity index (χ1) is 9.83. The van der Waals surface area contributed by atoms with Crippen LogP contribution in [0.1, 0.15) is 49.0 Å². The normalized spacial score (nSPS) is 24.8. The zero-order chi connectivity index (χ0) is 13.8. The first-order valence-corrected chi connectivity index (χ1v) is 8.34. The molecular formula is C14H21N3O2S. The number of ether oxygens (including phenoxy) is 1. The van der Waals surface area contributed by atoms with Gasteiger partial charge in [-0.05, 0) is 23.9 Å². The van der Waals surface area contributed by atoms with Gasteiger partial charge in [0.2, 0.25) is 0 Å². The molecule has 2 fully saturated rings. The Morgan fingerprint density at radius 2 is 2.25 bits per heavy atom. The minimum Gasteiger partial charge on any atom is -0.375 e. The Balaban J connectivity index is 1.54. The van der Waals surface area contributed by atoms with Crippen molar-refractivity contribution in [3.8, 4) is 0 Å². The third-order valence-electron chi connectivity index (χ3n) is 4.33. The summed E-state index contributed by atoms with van der Waals surface area (Å²) in [5.41, 5.74) is 0.466. The van der Waals surface area contributed by atoms with E-state index in [4.69, 9.17) is 4.74 Å². The van der Waals surface area contributed by atoms with Crippen molar-refractivity contribution < 1.29 is 9.53 Å². The number of morpholine rings is 1. The summed E-state index contributed by atoms with van der Waals surface area (Å²) in [6, 6.07) is 0. The van der Waals surface area contributed by atoms with Gasteiger partial charge in [-0.1, -0.05) is 36.6 Å². The summed E-state index contributed by atoms with van der Waals surface area (Å²) in [7, 11) is 0.